The quantitative estimate of drug-likeness (QED) is 0.712. The highest BCUT2D eigenvalue weighted by Gasteiger charge is 2.14. The first-order valence-electron chi connectivity index (χ1n) is 5.67. The van der Waals surface area contributed by atoms with Crippen molar-refractivity contribution in [3.8, 4) is 0 Å². The number of nitrogens with zero attached hydrogens (tertiary/aromatic N) is 1. The van der Waals surface area contributed by atoms with Crippen LogP contribution in [0, 0.1) is 0 Å². The van der Waals surface area contributed by atoms with E-state index in [1.807, 2.05) is 0 Å². The normalized spacial score (nSPS) is 13.0. The highest BCUT2D eigenvalue weighted by Crippen LogP contribution is 2.19. The number of aromatic amines is 1. The molecule has 2 aromatic rings. The number of carbonyl (C=O) groups is 1. The summed E-state index contributed by atoms with van der Waals surface area (Å²) in [5.41, 5.74) is 1.48. The Morgan fingerprint density at radius 3 is 2.95 bits per heavy atom. The van der Waals surface area contributed by atoms with Gasteiger partial charge < -0.3 is 14.6 Å². The van der Waals surface area contributed by atoms with Crippen LogP contribution < -0.4 is 5.76 Å². The molecule has 19 heavy (non-hydrogen) atoms. The van der Waals surface area contributed by atoms with Gasteiger partial charge in [-0.3, -0.25) is 14.7 Å². The summed E-state index contributed by atoms with van der Waals surface area (Å²) in [7, 11) is 1.60. The molecule has 0 aliphatic rings. The zero-order valence-corrected chi connectivity index (χ0v) is 10.3. The number of hydrogen-bond donors (Lipinski definition) is 3. The molecule has 0 aliphatic carbocycles. The van der Waals surface area contributed by atoms with Crippen LogP contribution in [0.3, 0.4) is 0 Å². The second-order valence-corrected chi connectivity index (χ2v) is 4.38. The Balaban J connectivity index is 2.14. The highest BCUT2D eigenvalue weighted by atomic mass is 16.4. The third-order valence-corrected chi connectivity index (χ3v) is 2.72. The Bertz CT molecular complexity index is 645. The van der Waals surface area contributed by atoms with E-state index in [-0.39, 0.29) is 13.1 Å². The Labute approximate surface area is 108 Å². The zero-order chi connectivity index (χ0) is 14.0. The summed E-state index contributed by atoms with van der Waals surface area (Å²) in [6.07, 6.45) is -0.853. The van der Waals surface area contributed by atoms with E-state index < -0.39 is 17.8 Å². The number of carboxylic acid groups (broad SMARTS) is 1. The van der Waals surface area contributed by atoms with Gasteiger partial charge >= 0.3 is 11.7 Å². The molecule has 0 amide bonds. The number of aromatic nitrogens is 1. The lowest BCUT2D eigenvalue weighted by Gasteiger charge is -2.18. The maximum Gasteiger partial charge on any atom is 0.417 e. The number of nitrogens with one attached hydrogen (secondary N) is 1. The van der Waals surface area contributed by atoms with Gasteiger partial charge in [0.25, 0.3) is 0 Å². The van der Waals surface area contributed by atoms with Crippen LogP contribution in [0.2, 0.25) is 0 Å². The lowest BCUT2D eigenvalue weighted by molar-refractivity contribution is -0.138. The Morgan fingerprint density at radius 1 is 1.53 bits per heavy atom. The molecule has 0 bridgehead atoms. The van der Waals surface area contributed by atoms with E-state index >= 15 is 0 Å². The lowest BCUT2D eigenvalue weighted by Crippen LogP contribution is -2.29. The van der Waals surface area contributed by atoms with Gasteiger partial charge in [-0.15, -0.1) is 0 Å². The van der Waals surface area contributed by atoms with Crippen LogP contribution in [0.1, 0.15) is 11.7 Å². The average molecular weight is 266 g/mol. The number of aliphatic hydroxyl groups excluding tert-OH is 1. The van der Waals surface area contributed by atoms with Crippen molar-refractivity contribution in [3.05, 3.63) is 34.3 Å². The number of carboxylic acids is 1. The van der Waals surface area contributed by atoms with Crippen molar-refractivity contribution in [2.75, 3.05) is 20.1 Å². The first-order chi connectivity index (χ1) is 8.95. The molecule has 7 heteroatoms. The molecule has 102 valence electrons. The van der Waals surface area contributed by atoms with Gasteiger partial charge in [-0.2, -0.15) is 0 Å². The largest absolute Gasteiger partial charge is 0.480 e. The number of H-pyrrole nitrogens is 1. The monoisotopic (exact) mass is 266 g/mol. The van der Waals surface area contributed by atoms with Crippen molar-refractivity contribution in [1.82, 2.24) is 9.88 Å². The van der Waals surface area contributed by atoms with Crippen LogP contribution in [0.5, 0.6) is 0 Å². The molecule has 1 atom stereocenters. The molecule has 1 unspecified atom stereocenters. The first kappa shape index (κ1) is 13.3. The molecule has 1 aromatic carbocycles. The summed E-state index contributed by atoms with van der Waals surface area (Å²) in [6.45, 7) is 0.0189. The number of likely N-dealkylation sites (N-methyl/N-ethyl adjacent to an activating group) is 1. The van der Waals surface area contributed by atoms with Crippen LogP contribution in [-0.4, -0.2) is 46.2 Å². The molecule has 1 aromatic heterocycles. The fourth-order valence-electron chi connectivity index (χ4n) is 1.87. The molecule has 0 radical (unpaired) electrons. The predicted molar refractivity (Wildman–Crippen MR) is 66.9 cm³/mol. The summed E-state index contributed by atoms with van der Waals surface area (Å²) in [6, 6.07) is 4.86. The van der Waals surface area contributed by atoms with E-state index in [1.165, 1.54) is 4.90 Å². The second kappa shape index (κ2) is 5.25. The minimum atomic E-state index is -0.957. The standard InChI is InChI=1S/C12H14N2O5/c1-14(6-11(16)17)5-9(15)7-2-3-8-10(4-7)19-12(18)13-8/h2-4,9,15H,5-6H2,1H3,(H,13,18)(H,16,17). The third kappa shape index (κ3) is 3.21. The number of hydrogen-bond acceptors (Lipinski definition) is 5. The number of benzene rings is 1. The SMILES string of the molecule is CN(CC(=O)O)CC(O)c1ccc2[nH]c(=O)oc2c1. The Hall–Kier alpha value is -2.12. The van der Waals surface area contributed by atoms with Crippen LogP contribution in [0.4, 0.5) is 0 Å². The van der Waals surface area contributed by atoms with Gasteiger partial charge in [-0.1, -0.05) is 6.07 Å². The van der Waals surface area contributed by atoms with Crippen LogP contribution >= 0.6 is 0 Å². The van der Waals surface area contributed by atoms with Gasteiger partial charge in [-0.05, 0) is 24.7 Å². The number of oxazole rings is 1. The van der Waals surface area contributed by atoms with E-state index in [9.17, 15) is 14.7 Å². The highest BCUT2D eigenvalue weighted by molar-refractivity contribution is 5.72. The van der Waals surface area contributed by atoms with E-state index in [4.69, 9.17) is 9.52 Å². The predicted octanol–water partition coefficient (Wildman–Crippen LogP) is 0.171. The summed E-state index contributed by atoms with van der Waals surface area (Å²) >= 11 is 0. The molecule has 0 spiro atoms. The fourth-order valence-corrected chi connectivity index (χ4v) is 1.87. The van der Waals surface area contributed by atoms with Crippen molar-refractivity contribution >= 4 is 17.1 Å². The summed E-state index contributed by atoms with van der Waals surface area (Å²) in [5, 5.41) is 18.6. The van der Waals surface area contributed by atoms with Crippen molar-refractivity contribution in [2.24, 2.45) is 0 Å². The summed E-state index contributed by atoms with van der Waals surface area (Å²) in [5.74, 6) is -1.51. The zero-order valence-electron chi connectivity index (χ0n) is 10.3. The topological polar surface area (TPSA) is 107 Å². The molecular weight excluding hydrogens is 252 g/mol. The minimum Gasteiger partial charge on any atom is -0.480 e. The molecule has 7 nitrogen and oxygen atoms in total. The molecule has 0 aliphatic heterocycles. The van der Waals surface area contributed by atoms with E-state index in [0.717, 1.165) is 0 Å². The van der Waals surface area contributed by atoms with Crippen molar-refractivity contribution in [3.63, 3.8) is 0 Å². The molecular formula is C12H14N2O5. The smallest absolute Gasteiger partial charge is 0.417 e. The van der Waals surface area contributed by atoms with E-state index in [2.05, 4.69) is 4.98 Å². The first-order valence-corrected chi connectivity index (χ1v) is 5.67. The number of fused-ring (bicyclic) bond motifs is 1. The van der Waals surface area contributed by atoms with E-state index in [0.29, 0.717) is 16.7 Å². The van der Waals surface area contributed by atoms with Gasteiger partial charge in [0.1, 0.15) is 0 Å². The second-order valence-electron chi connectivity index (χ2n) is 4.38. The summed E-state index contributed by atoms with van der Waals surface area (Å²) < 4.78 is 4.90. The van der Waals surface area contributed by atoms with Crippen LogP contribution in [-0.2, 0) is 4.79 Å². The Morgan fingerprint density at radius 2 is 2.26 bits per heavy atom. The molecule has 0 saturated heterocycles. The Kier molecular flexibility index (Phi) is 3.68. The third-order valence-electron chi connectivity index (χ3n) is 2.72. The van der Waals surface area contributed by atoms with Gasteiger partial charge in [-0.25, -0.2) is 4.79 Å². The average Bonchev–Trinajstić information content (AvgIpc) is 2.66. The minimum absolute atomic E-state index is 0.154. The van der Waals surface area contributed by atoms with Gasteiger partial charge in [0, 0.05) is 6.54 Å². The van der Waals surface area contributed by atoms with Crippen molar-refractivity contribution < 1.29 is 19.4 Å². The van der Waals surface area contributed by atoms with Crippen molar-refractivity contribution in [1.29, 1.82) is 0 Å². The van der Waals surface area contributed by atoms with Gasteiger partial charge in [0.2, 0.25) is 0 Å². The van der Waals surface area contributed by atoms with E-state index in [1.54, 1.807) is 25.2 Å². The molecule has 0 fully saturated rings. The number of aliphatic carboxylic acids is 1. The maximum atomic E-state index is 11.0. The number of rotatable bonds is 5. The van der Waals surface area contributed by atoms with Gasteiger partial charge in [0.15, 0.2) is 5.58 Å². The maximum absolute atomic E-state index is 11.0. The molecule has 3 N–H and O–H groups in total. The fraction of sp³-hybridized carbons (Fsp3) is 0.333. The molecule has 0 saturated carbocycles. The van der Waals surface area contributed by atoms with Crippen molar-refractivity contribution in [2.45, 2.75) is 6.10 Å². The molecule has 2 rings (SSSR count). The summed E-state index contributed by atoms with van der Waals surface area (Å²) in [4.78, 5) is 25.5. The van der Waals surface area contributed by atoms with Gasteiger partial charge in [0.05, 0.1) is 18.2 Å². The number of aliphatic hydroxyl groups is 1. The van der Waals surface area contributed by atoms with Crippen LogP contribution in [0.25, 0.3) is 11.1 Å². The lowest BCUT2D eigenvalue weighted by atomic mass is 10.1. The molecule has 1 heterocycles. The van der Waals surface area contributed by atoms with Crippen LogP contribution in [0.15, 0.2) is 27.4 Å².